The van der Waals surface area contributed by atoms with Gasteiger partial charge in [-0.05, 0) is 91.2 Å². The first kappa shape index (κ1) is 53.0. The summed E-state index contributed by atoms with van der Waals surface area (Å²) in [7, 11) is 0. The molecule has 61 heavy (non-hydrogen) atoms. The fraction of sp³-hybridized carbons (Fsp3) is 0.700. The number of unbranched alkanes of at least 4 members (excludes halogenated alkanes) is 27. The number of rotatable bonds is 42. The van der Waals surface area contributed by atoms with Crippen LogP contribution in [0.3, 0.4) is 0 Å². The van der Waals surface area contributed by atoms with E-state index in [0.717, 1.165) is 38.9 Å². The van der Waals surface area contributed by atoms with Crippen LogP contribution in [0.5, 0.6) is 0 Å². The third kappa shape index (κ3) is 28.8. The third-order valence-electron chi connectivity index (χ3n) is 13.7. The molecule has 0 saturated heterocycles. The first-order valence-corrected chi connectivity index (χ1v) is 27.2. The van der Waals surface area contributed by atoms with Crippen molar-refractivity contribution in [1.29, 1.82) is 0 Å². The van der Waals surface area contributed by atoms with Gasteiger partial charge >= 0.3 is 0 Å². The summed E-state index contributed by atoms with van der Waals surface area (Å²) in [5.74, 6) is 0. The maximum Gasteiger partial charge on any atom is 0.00221 e. The molecule has 0 fully saturated rings. The van der Waals surface area contributed by atoms with Crippen molar-refractivity contribution in [2.24, 2.45) is 0 Å². The van der Waals surface area contributed by atoms with Gasteiger partial charge in [0.2, 0.25) is 0 Å². The molecule has 1 heteroatoms. The van der Waals surface area contributed by atoms with Gasteiger partial charge in [-0.25, -0.2) is 0 Å². The maximum atomic E-state index is 2.74. The van der Waals surface area contributed by atoms with E-state index < -0.39 is 0 Å². The minimum absolute atomic E-state index is 1.13. The molecule has 0 radical (unpaired) electrons. The Bertz CT molecular complexity index is 1180. The van der Waals surface area contributed by atoms with Crippen LogP contribution in [-0.4, -0.2) is 24.5 Å². The van der Waals surface area contributed by atoms with Gasteiger partial charge in [0.1, 0.15) is 0 Å². The minimum atomic E-state index is 1.13. The van der Waals surface area contributed by atoms with Gasteiger partial charge in [0.25, 0.3) is 0 Å². The molecule has 0 saturated carbocycles. The SMILES string of the molecule is CCCCCCCCCCCCc1ccc(CCN(CCc2ccc(CCCCCCCCCCCC)cc2)CCc2ccc(CCCCCCCCCCCC)cc2)cc1. The number of hydrogen-bond donors (Lipinski definition) is 0. The molecule has 3 aromatic carbocycles. The van der Waals surface area contributed by atoms with Crippen molar-refractivity contribution in [3.8, 4) is 0 Å². The second-order valence-electron chi connectivity index (χ2n) is 19.3. The van der Waals surface area contributed by atoms with Crippen molar-refractivity contribution >= 4 is 0 Å². The first-order chi connectivity index (χ1) is 30.2. The van der Waals surface area contributed by atoms with Crippen LogP contribution >= 0.6 is 0 Å². The van der Waals surface area contributed by atoms with Crippen LogP contribution in [0.4, 0.5) is 0 Å². The van der Waals surface area contributed by atoms with Gasteiger partial charge in [-0.2, -0.15) is 0 Å². The highest BCUT2D eigenvalue weighted by molar-refractivity contribution is 5.25. The second kappa shape index (κ2) is 38.1. The normalized spacial score (nSPS) is 11.6. The number of aryl methyl sites for hydroxylation is 3. The van der Waals surface area contributed by atoms with E-state index in [4.69, 9.17) is 0 Å². The van der Waals surface area contributed by atoms with Crippen molar-refractivity contribution in [1.82, 2.24) is 4.90 Å². The van der Waals surface area contributed by atoms with Crippen molar-refractivity contribution < 1.29 is 0 Å². The lowest BCUT2D eigenvalue weighted by Crippen LogP contribution is -2.30. The predicted molar refractivity (Wildman–Crippen MR) is 274 cm³/mol. The predicted octanol–water partition coefficient (Wildman–Crippen LogP) is 18.4. The largest absolute Gasteiger partial charge is 0.302 e. The number of nitrogens with zero attached hydrogens (tertiary/aromatic N) is 1. The molecular weight excluding hydrogens is 735 g/mol. The molecule has 0 aromatic heterocycles. The van der Waals surface area contributed by atoms with Gasteiger partial charge in [0.15, 0.2) is 0 Å². The van der Waals surface area contributed by atoms with Crippen molar-refractivity contribution in [3.63, 3.8) is 0 Å². The van der Waals surface area contributed by atoms with Gasteiger partial charge in [0, 0.05) is 19.6 Å². The smallest absolute Gasteiger partial charge is 0.00221 e. The summed E-state index contributed by atoms with van der Waals surface area (Å²) in [5.41, 5.74) is 9.04. The Morgan fingerprint density at radius 2 is 0.377 bits per heavy atom. The standard InChI is InChI=1S/C60H99N/c1-4-7-10-13-16-19-22-25-28-31-34-55-37-43-58(44-38-55)49-52-61(53-50-59-45-39-56(40-46-59)35-32-29-26-23-20-17-14-11-8-5-2)54-51-60-47-41-57(42-48-60)36-33-30-27-24-21-18-15-12-9-6-3/h37-48H,4-36,49-54H2,1-3H3. The summed E-state index contributed by atoms with van der Waals surface area (Å²) < 4.78 is 0. The van der Waals surface area contributed by atoms with Crippen LogP contribution in [0.1, 0.15) is 247 Å². The maximum absolute atomic E-state index is 2.74. The monoisotopic (exact) mass is 834 g/mol. The summed E-state index contributed by atoms with van der Waals surface area (Å²) >= 11 is 0. The molecule has 0 heterocycles. The zero-order valence-corrected chi connectivity index (χ0v) is 41.0. The molecule has 344 valence electrons. The molecule has 3 aromatic rings. The summed E-state index contributed by atoms with van der Waals surface area (Å²) in [6, 6.07) is 29.0. The molecule has 0 atom stereocenters. The third-order valence-corrected chi connectivity index (χ3v) is 13.7. The Hall–Kier alpha value is -2.38. The fourth-order valence-corrected chi connectivity index (χ4v) is 9.26. The van der Waals surface area contributed by atoms with Crippen LogP contribution in [-0.2, 0) is 38.5 Å². The van der Waals surface area contributed by atoms with E-state index in [0.29, 0.717) is 0 Å². The van der Waals surface area contributed by atoms with Crippen LogP contribution < -0.4 is 0 Å². The van der Waals surface area contributed by atoms with E-state index in [1.807, 2.05) is 0 Å². The zero-order chi connectivity index (χ0) is 43.1. The molecule has 1 nitrogen and oxygen atoms in total. The van der Waals surface area contributed by atoms with Crippen LogP contribution in [0.15, 0.2) is 72.8 Å². The van der Waals surface area contributed by atoms with Crippen LogP contribution in [0.2, 0.25) is 0 Å². The van der Waals surface area contributed by atoms with E-state index >= 15 is 0 Å². The highest BCUT2D eigenvalue weighted by Gasteiger charge is 2.09. The fourth-order valence-electron chi connectivity index (χ4n) is 9.26. The Balaban J connectivity index is 1.41. The molecule has 0 N–H and O–H groups in total. The van der Waals surface area contributed by atoms with Crippen LogP contribution in [0, 0.1) is 0 Å². The highest BCUT2D eigenvalue weighted by atomic mass is 15.1. The summed E-state index contributed by atoms with van der Waals surface area (Å²) in [6.07, 6.45) is 49.4. The molecule has 3 rings (SSSR count). The Kier molecular flexibility index (Phi) is 33.1. The van der Waals surface area contributed by atoms with E-state index in [2.05, 4.69) is 98.5 Å². The summed E-state index contributed by atoms with van der Waals surface area (Å²) in [5, 5.41) is 0. The minimum Gasteiger partial charge on any atom is -0.302 e. The number of benzene rings is 3. The summed E-state index contributed by atoms with van der Waals surface area (Å²) in [4.78, 5) is 2.74. The molecule has 0 aliphatic carbocycles. The van der Waals surface area contributed by atoms with E-state index in [9.17, 15) is 0 Å². The molecular formula is C60H99N. The average Bonchev–Trinajstić information content (AvgIpc) is 3.29. The Morgan fingerprint density at radius 3 is 0.574 bits per heavy atom. The van der Waals surface area contributed by atoms with Gasteiger partial charge < -0.3 is 4.90 Å². The number of hydrogen-bond acceptors (Lipinski definition) is 1. The first-order valence-electron chi connectivity index (χ1n) is 27.2. The van der Waals surface area contributed by atoms with Crippen molar-refractivity contribution in [2.45, 2.75) is 252 Å². The van der Waals surface area contributed by atoms with E-state index in [-0.39, 0.29) is 0 Å². The summed E-state index contributed by atoms with van der Waals surface area (Å²) in [6.45, 7) is 10.3. The molecule has 0 aliphatic heterocycles. The van der Waals surface area contributed by atoms with E-state index in [1.165, 1.54) is 245 Å². The quantitative estimate of drug-likeness (QED) is 0.0514. The lowest BCUT2D eigenvalue weighted by molar-refractivity contribution is 0.284. The van der Waals surface area contributed by atoms with Gasteiger partial charge in [-0.1, -0.05) is 267 Å². The van der Waals surface area contributed by atoms with Gasteiger partial charge in [0.05, 0.1) is 0 Å². The van der Waals surface area contributed by atoms with Gasteiger partial charge in [-0.15, -0.1) is 0 Å². The molecule has 0 amide bonds. The molecule has 0 spiro atoms. The molecule has 0 bridgehead atoms. The lowest BCUT2D eigenvalue weighted by atomic mass is 10.0. The zero-order valence-electron chi connectivity index (χ0n) is 41.0. The Morgan fingerprint density at radius 1 is 0.213 bits per heavy atom. The lowest BCUT2D eigenvalue weighted by Gasteiger charge is -2.23. The van der Waals surface area contributed by atoms with Crippen molar-refractivity contribution in [3.05, 3.63) is 106 Å². The van der Waals surface area contributed by atoms with E-state index in [1.54, 1.807) is 0 Å². The topological polar surface area (TPSA) is 3.24 Å². The average molecular weight is 834 g/mol. The van der Waals surface area contributed by atoms with Crippen molar-refractivity contribution in [2.75, 3.05) is 19.6 Å². The molecule has 0 aliphatic rings. The van der Waals surface area contributed by atoms with Crippen LogP contribution in [0.25, 0.3) is 0 Å². The second-order valence-corrected chi connectivity index (χ2v) is 19.3. The van der Waals surface area contributed by atoms with Gasteiger partial charge in [-0.3, -0.25) is 0 Å². The molecule has 0 unspecified atom stereocenters. The highest BCUT2D eigenvalue weighted by Crippen LogP contribution is 2.18. The Labute approximate surface area is 381 Å².